The average molecular weight is 199 g/mol. The van der Waals surface area contributed by atoms with Gasteiger partial charge in [-0.15, -0.1) is 0 Å². The molecule has 1 aliphatic carbocycles. The SMILES string of the molecule is OC1CCCCC1COC1CCNC1. The summed E-state index contributed by atoms with van der Waals surface area (Å²) in [5.41, 5.74) is 0. The van der Waals surface area contributed by atoms with Gasteiger partial charge in [0.1, 0.15) is 0 Å². The third kappa shape index (κ3) is 2.69. The lowest BCUT2D eigenvalue weighted by Gasteiger charge is -2.28. The van der Waals surface area contributed by atoms with Crippen LogP contribution in [0.25, 0.3) is 0 Å². The van der Waals surface area contributed by atoms with Crippen LogP contribution in [0.15, 0.2) is 0 Å². The number of ether oxygens (including phenoxy) is 1. The molecule has 2 aliphatic rings. The summed E-state index contributed by atoms with van der Waals surface area (Å²) in [6.45, 7) is 2.83. The largest absolute Gasteiger partial charge is 0.393 e. The molecule has 1 saturated carbocycles. The summed E-state index contributed by atoms with van der Waals surface area (Å²) < 4.78 is 5.79. The van der Waals surface area contributed by atoms with Gasteiger partial charge in [0.25, 0.3) is 0 Å². The molecule has 3 unspecified atom stereocenters. The van der Waals surface area contributed by atoms with Gasteiger partial charge in [0, 0.05) is 12.5 Å². The first-order chi connectivity index (χ1) is 6.86. The molecule has 3 heteroatoms. The summed E-state index contributed by atoms with van der Waals surface area (Å²) in [6, 6.07) is 0. The lowest BCUT2D eigenvalue weighted by Crippen LogP contribution is -2.30. The fourth-order valence-corrected chi connectivity index (χ4v) is 2.41. The lowest BCUT2D eigenvalue weighted by molar-refractivity contribution is -0.0199. The zero-order valence-corrected chi connectivity index (χ0v) is 8.74. The van der Waals surface area contributed by atoms with Crippen LogP contribution in [0.1, 0.15) is 32.1 Å². The highest BCUT2D eigenvalue weighted by Crippen LogP contribution is 2.25. The molecule has 0 spiro atoms. The molecule has 3 atom stereocenters. The molecule has 0 radical (unpaired) electrons. The molecule has 14 heavy (non-hydrogen) atoms. The first-order valence-electron chi connectivity index (χ1n) is 5.86. The van der Waals surface area contributed by atoms with Crippen LogP contribution in [0.2, 0.25) is 0 Å². The van der Waals surface area contributed by atoms with E-state index in [-0.39, 0.29) is 6.10 Å². The zero-order valence-electron chi connectivity index (χ0n) is 8.74. The zero-order chi connectivity index (χ0) is 9.80. The third-order valence-corrected chi connectivity index (χ3v) is 3.43. The second-order valence-corrected chi connectivity index (χ2v) is 4.56. The molecule has 0 aromatic heterocycles. The minimum atomic E-state index is -0.113. The van der Waals surface area contributed by atoms with Crippen LogP contribution < -0.4 is 5.32 Å². The van der Waals surface area contributed by atoms with E-state index in [0.717, 1.165) is 39.0 Å². The second kappa shape index (κ2) is 5.10. The van der Waals surface area contributed by atoms with Crippen molar-refractivity contribution >= 4 is 0 Å². The second-order valence-electron chi connectivity index (χ2n) is 4.56. The number of hydrogen-bond donors (Lipinski definition) is 2. The predicted molar refractivity (Wildman–Crippen MR) is 55.2 cm³/mol. The monoisotopic (exact) mass is 199 g/mol. The Hall–Kier alpha value is -0.120. The Morgan fingerprint density at radius 1 is 1.21 bits per heavy atom. The molecule has 1 aliphatic heterocycles. The maximum Gasteiger partial charge on any atom is 0.0711 e. The van der Waals surface area contributed by atoms with E-state index in [1.165, 1.54) is 12.8 Å². The van der Waals surface area contributed by atoms with Crippen LogP contribution in [0, 0.1) is 5.92 Å². The highest BCUT2D eigenvalue weighted by molar-refractivity contribution is 4.76. The Morgan fingerprint density at radius 2 is 2.07 bits per heavy atom. The smallest absolute Gasteiger partial charge is 0.0711 e. The fraction of sp³-hybridized carbons (Fsp3) is 1.00. The van der Waals surface area contributed by atoms with Crippen LogP contribution in [0.4, 0.5) is 0 Å². The van der Waals surface area contributed by atoms with E-state index in [1.54, 1.807) is 0 Å². The summed E-state index contributed by atoms with van der Waals surface area (Å²) in [7, 11) is 0. The van der Waals surface area contributed by atoms with Crippen molar-refractivity contribution in [2.24, 2.45) is 5.92 Å². The topological polar surface area (TPSA) is 41.5 Å². The highest BCUT2D eigenvalue weighted by Gasteiger charge is 2.25. The van der Waals surface area contributed by atoms with Gasteiger partial charge in [-0.3, -0.25) is 0 Å². The summed E-state index contributed by atoms with van der Waals surface area (Å²) >= 11 is 0. The van der Waals surface area contributed by atoms with E-state index in [0.29, 0.717) is 12.0 Å². The Morgan fingerprint density at radius 3 is 2.79 bits per heavy atom. The van der Waals surface area contributed by atoms with Gasteiger partial charge < -0.3 is 15.2 Å². The molecule has 82 valence electrons. The maximum atomic E-state index is 9.75. The van der Waals surface area contributed by atoms with Crippen molar-refractivity contribution in [1.29, 1.82) is 0 Å². The van der Waals surface area contributed by atoms with Crippen LogP contribution in [0.5, 0.6) is 0 Å². The van der Waals surface area contributed by atoms with Crippen molar-refractivity contribution in [2.45, 2.75) is 44.3 Å². The quantitative estimate of drug-likeness (QED) is 0.710. The van der Waals surface area contributed by atoms with Crippen molar-refractivity contribution in [3.63, 3.8) is 0 Å². The summed E-state index contributed by atoms with van der Waals surface area (Å²) in [6.07, 6.45) is 5.96. The van der Waals surface area contributed by atoms with E-state index < -0.39 is 0 Å². The summed E-state index contributed by atoms with van der Waals surface area (Å²) in [5.74, 6) is 0.393. The van der Waals surface area contributed by atoms with Gasteiger partial charge in [-0.25, -0.2) is 0 Å². The van der Waals surface area contributed by atoms with Crippen molar-refractivity contribution < 1.29 is 9.84 Å². The van der Waals surface area contributed by atoms with E-state index in [4.69, 9.17) is 4.74 Å². The first kappa shape index (κ1) is 10.4. The van der Waals surface area contributed by atoms with Crippen LogP contribution >= 0.6 is 0 Å². The Kier molecular flexibility index (Phi) is 3.79. The number of hydrogen-bond acceptors (Lipinski definition) is 3. The Bertz CT molecular complexity index is 169. The molecular weight excluding hydrogens is 178 g/mol. The van der Waals surface area contributed by atoms with Crippen LogP contribution in [0.3, 0.4) is 0 Å². The maximum absolute atomic E-state index is 9.75. The van der Waals surface area contributed by atoms with Gasteiger partial charge in [-0.1, -0.05) is 12.8 Å². The van der Waals surface area contributed by atoms with Gasteiger partial charge in [0.2, 0.25) is 0 Å². The number of aliphatic hydroxyl groups is 1. The molecule has 0 aromatic rings. The van der Waals surface area contributed by atoms with Gasteiger partial charge >= 0.3 is 0 Å². The molecular formula is C11H21NO2. The van der Waals surface area contributed by atoms with Gasteiger partial charge in [0.05, 0.1) is 18.8 Å². The minimum absolute atomic E-state index is 0.113. The molecule has 0 aromatic carbocycles. The minimum Gasteiger partial charge on any atom is -0.393 e. The van der Waals surface area contributed by atoms with Crippen LogP contribution in [-0.2, 0) is 4.74 Å². The lowest BCUT2D eigenvalue weighted by atomic mass is 9.87. The van der Waals surface area contributed by atoms with Gasteiger partial charge in [0.15, 0.2) is 0 Å². The van der Waals surface area contributed by atoms with Gasteiger partial charge in [-0.05, 0) is 25.8 Å². The summed E-state index contributed by atoms with van der Waals surface area (Å²) in [4.78, 5) is 0. The normalized spacial score (nSPS) is 38.8. The number of rotatable bonds is 3. The standard InChI is InChI=1S/C11H21NO2/c13-11-4-2-1-3-9(11)8-14-10-5-6-12-7-10/h9-13H,1-8H2. The number of nitrogens with one attached hydrogen (secondary N) is 1. The molecule has 2 rings (SSSR count). The van der Waals surface area contributed by atoms with Crippen molar-refractivity contribution in [3.05, 3.63) is 0 Å². The van der Waals surface area contributed by atoms with E-state index in [2.05, 4.69) is 5.32 Å². The predicted octanol–water partition coefficient (Wildman–Crippen LogP) is 0.916. The molecule has 3 nitrogen and oxygen atoms in total. The molecule has 1 heterocycles. The number of aliphatic hydroxyl groups excluding tert-OH is 1. The van der Waals surface area contributed by atoms with Crippen molar-refractivity contribution in [1.82, 2.24) is 5.32 Å². The van der Waals surface area contributed by atoms with Gasteiger partial charge in [-0.2, -0.15) is 0 Å². The molecule has 0 amide bonds. The molecule has 0 bridgehead atoms. The molecule has 2 N–H and O–H groups in total. The fourth-order valence-electron chi connectivity index (χ4n) is 2.41. The molecule has 2 fully saturated rings. The Balaban J connectivity index is 1.67. The average Bonchev–Trinajstić information content (AvgIpc) is 2.69. The highest BCUT2D eigenvalue weighted by atomic mass is 16.5. The summed E-state index contributed by atoms with van der Waals surface area (Å²) in [5, 5.41) is 13.0. The van der Waals surface area contributed by atoms with Crippen molar-refractivity contribution in [3.8, 4) is 0 Å². The van der Waals surface area contributed by atoms with E-state index >= 15 is 0 Å². The van der Waals surface area contributed by atoms with Crippen LogP contribution in [-0.4, -0.2) is 37.0 Å². The third-order valence-electron chi connectivity index (χ3n) is 3.43. The first-order valence-corrected chi connectivity index (χ1v) is 5.86. The Labute approximate surface area is 85.8 Å². The van der Waals surface area contributed by atoms with E-state index in [1.807, 2.05) is 0 Å². The molecule has 1 saturated heterocycles. The van der Waals surface area contributed by atoms with Crippen molar-refractivity contribution in [2.75, 3.05) is 19.7 Å². The van der Waals surface area contributed by atoms with E-state index in [9.17, 15) is 5.11 Å².